The SMILES string of the molecule is CCc1ccc(C2C(=C(O)c3ccc(OC)c(C)c3)C(=O)C(=O)N2c2nc(C)c(C(=O)OC)s2)cc1. The molecule has 1 atom stereocenters. The molecule has 36 heavy (non-hydrogen) atoms. The molecule has 1 N–H and O–H groups in total. The number of carbonyl (C=O) groups is 3. The van der Waals surface area contributed by atoms with Gasteiger partial charge < -0.3 is 14.6 Å². The summed E-state index contributed by atoms with van der Waals surface area (Å²) in [6, 6.07) is 11.6. The Labute approximate surface area is 212 Å². The summed E-state index contributed by atoms with van der Waals surface area (Å²) in [4.78, 5) is 44.8. The van der Waals surface area contributed by atoms with Crippen LogP contribution in [0.3, 0.4) is 0 Å². The average Bonchev–Trinajstić information content (AvgIpc) is 3.39. The fourth-order valence-electron chi connectivity index (χ4n) is 4.23. The lowest BCUT2D eigenvalue weighted by molar-refractivity contribution is -0.132. The number of benzene rings is 2. The largest absolute Gasteiger partial charge is 0.507 e. The highest BCUT2D eigenvalue weighted by molar-refractivity contribution is 7.17. The highest BCUT2D eigenvalue weighted by Crippen LogP contribution is 2.44. The van der Waals surface area contributed by atoms with Gasteiger partial charge in [0.05, 0.1) is 31.5 Å². The van der Waals surface area contributed by atoms with Crippen LogP contribution < -0.4 is 9.64 Å². The summed E-state index contributed by atoms with van der Waals surface area (Å²) in [5.41, 5.74) is 3.19. The van der Waals surface area contributed by atoms with Gasteiger partial charge in [-0.3, -0.25) is 14.5 Å². The standard InChI is InChI=1S/C27H26N2O6S/c1-6-16-7-9-17(10-8-16)21-20(22(30)18-11-12-19(34-4)14(2)13-18)23(31)25(32)29(21)27-28-15(3)24(36-27)26(33)35-5/h7-13,21,30H,6H2,1-5H3. The molecule has 2 aromatic carbocycles. The highest BCUT2D eigenvalue weighted by Gasteiger charge is 2.48. The van der Waals surface area contributed by atoms with Crippen molar-refractivity contribution in [2.75, 3.05) is 19.1 Å². The minimum atomic E-state index is -0.936. The summed E-state index contributed by atoms with van der Waals surface area (Å²) in [5, 5.41) is 11.5. The van der Waals surface area contributed by atoms with Crippen molar-refractivity contribution in [1.82, 2.24) is 4.98 Å². The van der Waals surface area contributed by atoms with Gasteiger partial charge in [0.2, 0.25) is 0 Å². The minimum Gasteiger partial charge on any atom is -0.507 e. The maximum absolute atomic E-state index is 13.4. The number of carbonyl (C=O) groups excluding carboxylic acids is 3. The zero-order chi connectivity index (χ0) is 26.1. The third kappa shape index (κ3) is 4.26. The molecule has 1 unspecified atom stereocenters. The molecule has 9 heteroatoms. The number of aryl methyl sites for hydroxylation is 3. The summed E-state index contributed by atoms with van der Waals surface area (Å²) < 4.78 is 10.1. The van der Waals surface area contributed by atoms with E-state index in [4.69, 9.17) is 9.47 Å². The fraction of sp³-hybridized carbons (Fsp3) is 0.259. The van der Waals surface area contributed by atoms with E-state index in [0.717, 1.165) is 28.9 Å². The molecular formula is C27H26N2O6S. The second-order valence-electron chi connectivity index (χ2n) is 8.35. The monoisotopic (exact) mass is 506 g/mol. The zero-order valence-corrected chi connectivity index (χ0v) is 21.4. The topological polar surface area (TPSA) is 106 Å². The van der Waals surface area contributed by atoms with Gasteiger partial charge in [-0.25, -0.2) is 9.78 Å². The van der Waals surface area contributed by atoms with E-state index in [9.17, 15) is 19.5 Å². The number of Topliss-reactive ketones (excluding diaryl/α,β-unsaturated/α-hetero) is 1. The summed E-state index contributed by atoms with van der Waals surface area (Å²) in [6.45, 7) is 5.48. The van der Waals surface area contributed by atoms with E-state index in [2.05, 4.69) is 4.98 Å². The van der Waals surface area contributed by atoms with Crippen LogP contribution in [0.2, 0.25) is 0 Å². The lowest BCUT2D eigenvalue weighted by Crippen LogP contribution is -2.29. The Morgan fingerprint density at radius 1 is 1.11 bits per heavy atom. The number of thiazole rings is 1. The predicted molar refractivity (Wildman–Crippen MR) is 137 cm³/mol. The van der Waals surface area contributed by atoms with Crippen LogP contribution in [0.5, 0.6) is 5.75 Å². The molecule has 1 saturated heterocycles. The van der Waals surface area contributed by atoms with Crippen molar-refractivity contribution in [3.63, 3.8) is 0 Å². The van der Waals surface area contributed by atoms with Crippen LogP contribution in [0.1, 0.15) is 50.6 Å². The molecule has 0 radical (unpaired) electrons. The molecule has 4 rings (SSSR count). The molecule has 0 spiro atoms. The van der Waals surface area contributed by atoms with Crippen molar-refractivity contribution >= 4 is 39.9 Å². The van der Waals surface area contributed by atoms with E-state index in [1.807, 2.05) is 38.1 Å². The van der Waals surface area contributed by atoms with Gasteiger partial charge in [0.25, 0.3) is 5.78 Å². The van der Waals surface area contributed by atoms with Crippen LogP contribution in [0.15, 0.2) is 48.0 Å². The number of methoxy groups -OCH3 is 2. The number of aromatic nitrogens is 1. The Bertz CT molecular complexity index is 1390. The first kappa shape index (κ1) is 25.1. The van der Waals surface area contributed by atoms with Gasteiger partial charge in [0.15, 0.2) is 5.13 Å². The molecular weight excluding hydrogens is 480 g/mol. The van der Waals surface area contributed by atoms with E-state index in [1.54, 1.807) is 32.2 Å². The first-order chi connectivity index (χ1) is 17.2. The molecule has 2 heterocycles. The summed E-state index contributed by atoms with van der Waals surface area (Å²) >= 11 is 0.965. The molecule has 1 aliphatic rings. The lowest BCUT2D eigenvalue weighted by atomic mass is 9.94. The minimum absolute atomic E-state index is 0.0544. The Balaban J connectivity index is 1.93. The number of ketones is 1. The van der Waals surface area contributed by atoms with E-state index >= 15 is 0 Å². The van der Waals surface area contributed by atoms with Crippen LogP contribution in [0.25, 0.3) is 5.76 Å². The Morgan fingerprint density at radius 3 is 2.39 bits per heavy atom. The second kappa shape index (κ2) is 9.94. The second-order valence-corrected chi connectivity index (χ2v) is 9.33. The number of amides is 1. The first-order valence-electron chi connectivity index (χ1n) is 11.3. The number of aliphatic hydroxyl groups excluding tert-OH is 1. The zero-order valence-electron chi connectivity index (χ0n) is 20.6. The molecule has 0 saturated carbocycles. The average molecular weight is 507 g/mol. The van der Waals surface area contributed by atoms with Gasteiger partial charge in [-0.1, -0.05) is 42.5 Å². The van der Waals surface area contributed by atoms with E-state index < -0.39 is 23.7 Å². The fourth-order valence-corrected chi connectivity index (χ4v) is 5.24. The maximum Gasteiger partial charge on any atom is 0.350 e. The van der Waals surface area contributed by atoms with Crippen molar-refractivity contribution < 1.29 is 29.0 Å². The molecule has 3 aromatic rings. The molecule has 1 fully saturated rings. The van der Waals surface area contributed by atoms with E-state index in [1.165, 1.54) is 12.0 Å². The van der Waals surface area contributed by atoms with Gasteiger partial charge >= 0.3 is 11.9 Å². The Morgan fingerprint density at radius 2 is 1.81 bits per heavy atom. The molecule has 1 amide bonds. The Hall–Kier alpha value is -3.98. The smallest absolute Gasteiger partial charge is 0.350 e. The number of hydrogen-bond donors (Lipinski definition) is 1. The number of rotatable bonds is 6. The van der Waals surface area contributed by atoms with Crippen LogP contribution in [-0.2, 0) is 20.7 Å². The quantitative estimate of drug-likeness (QED) is 0.223. The third-order valence-electron chi connectivity index (χ3n) is 6.18. The number of nitrogens with zero attached hydrogens (tertiary/aromatic N) is 2. The van der Waals surface area contributed by atoms with Gasteiger partial charge in [-0.2, -0.15) is 0 Å². The van der Waals surface area contributed by atoms with Crippen molar-refractivity contribution in [2.45, 2.75) is 33.2 Å². The molecule has 1 aromatic heterocycles. The lowest BCUT2D eigenvalue weighted by Gasteiger charge is -2.23. The van der Waals surface area contributed by atoms with Gasteiger partial charge in [-0.05, 0) is 55.2 Å². The number of anilines is 1. The van der Waals surface area contributed by atoms with Crippen molar-refractivity contribution in [2.24, 2.45) is 0 Å². The van der Waals surface area contributed by atoms with Crippen LogP contribution in [0.4, 0.5) is 5.13 Å². The van der Waals surface area contributed by atoms with Crippen molar-refractivity contribution in [1.29, 1.82) is 0 Å². The van der Waals surface area contributed by atoms with Crippen molar-refractivity contribution in [3.05, 3.63) is 80.9 Å². The number of hydrogen-bond acceptors (Lipinski definition) is 8. The molecule has 0 aliphatic carbocycles. The van der Waals surface area contributed by atoms with Crippen molar-refractivity contribution in [3.8, 4) is 5.75 Å². The predicted octanol–water partition coefficient (Wildman–Crippen LogP) is 4.74. The van der Waals surface area contributed by atoms with Gasteiger partial charge in [0, 0.05) is 5.56 Å². The molecule has 1 aliphatic heterocycles. The van der Waals surface area contributed by atoms with Crippen LogP contribution in [-0.4, -0.2) is 42.0 Å². The normalized spacial score (nSPS) is 16.9. The maximum atomic E-state index is 13.4. The Kier molecular flexibility index (Phi) is 6.94. The summed E-state index contributed by atoms with van der Waals surface area (Å²) in [6.07, 6.45) is 0.819. The number of ether oxygens (including phenoxy) is 2. The molecule has 8 nitrogen and oxygen atoms in total. The van der Waals surface area contributed by atoms with E-state index in [0.29, 0.717) is 22.6 Å². The molecule has 0 bridgehead atoms. The van der Waals surface area contributed by atoms with E-state index in [-0.39, 0.29) is 21.3 Å². The first-order valence-corrected chi connectivity index (χ1v) is 12.1. The number of aliphatic hydroxyl groups is 1. The van der Waals surface area contributed by atoms with Gasteiger partial charge in [-0.15, -0.1) is 0 Å². The van der Waals surface area contributed by atoms with Gasteiger partial charge in [0.1, 0.15) is 16.4 Å². The number of esters is 1. The van der Waals surface area contributed by atoms with Crippen LogP contribution in [0, 0.1) is 13.8 Å². The van der Waals surface area contributed by atoms with Crippen LogP contribution >= 0.6 is 11.3 Å². The molecule has 186 valence electrons. The summed E-state index contributed by atoms with van der Waals surface area (Å²) in [5.74, 6) is -1.92. The summed E-state index contributed by atoms with van der Waals surface area (Å²) in [7, 11) is 2.81. The highest BCUT2D eigenvalue weighted by atomic mass is 32.1. The third-order valence-corrected chi connectivity index (χ3v) is 7.32.